The first-order valence-corrected chi connectivity index (χ1v) is 14.7. The summed E-state index contributed by atoms with van der Waals surface area (Å²) in [7, 11) is 0. The van der Waals surface area contributed by atoms with Gasteiger partial charge in [-0.15, -0.1) is 0 Å². The van der Waals surface area contributed by atoms with Crippen molar-refractivity contribution in [2.24, 2.45) is 0 Å². The summed E-state index contributed by atoms with van der Waals surface area (Å²) in [5.41, 5.74) is 6.78. The molecule has 216 valence electrons. The molecule has 8 nitrogen and oxygen atoms in total. The summed E-state index contributed by atoms with van der Waals surface area (Å²) < 4.78 is 10.9. The van der Waals surface area contributed by atoms with Crippen molar-refractivity contribution in [1.29, 1.82) is 0 Å². The Kier molecular flexibility index (Phi) is 7.95. The maximum atomic E-state index is 12.9. The van der Waals surface area contributed by atoms with Crippen molar-refractivity contribution in [3.8, 4) is 0 Å². The van der Waals surface area contributed by atoms with Gasteiger partial charge < -0.3 is 24.2 Å². The maximum Gasteiger partial charge on any atom is 0.410 e. The van der Waals surface area contributed by atoms with Crippen LogP contribution in [0.2, 0.25) is 0 Å². The molecule has 0 atom stereocenters. The van der Waals surface area contributed by atoms with Crippen LogP contribution < -0.4 is 9.80 Å². The van der Waals surface area contributed by atoms with E-state index in [1.165, 1.54) is 22.0 Å². The van der Waals surface area contributed by atoms with E-state index in [-0.39, 0.29) is 19.3 Å². The quantitative estimate of drug-likeness (QED) is 0.277. The van der Waals surface area contributed by atoms with Gasteiger partial charge in [0, 0.05) is 55.0 Å². The van der Waals surface area contributed by atoms with Crippen LogP contribution in [-0.2, 0) is 29.0 Å². The highest BCUT2D eigenvalue weighted by Crippen LogP contribution is 2.35. The molecule has 0 unspecified atom stereocenters. The van der Waals surface area contributed by atoms with Gasteiger partial charge in [-0.25, -0.2) is 14.6 Å². The van der Waals surface area contributed by atoms with Gasteiger partial charge in [-0.1, -0.05) is 60.7 Å². The van der Waals surface area contributed by atoms with Crippen molar-refractivity contribution in [3.05, 3.63) is 101 Å². The molecule has 2 aliphatic rings. The molecule has 4 aromatic rings. The molecule has 1 saturated heterocycles. The molecule has 3 heterocycles. The second kappa shape index (κ2) is 12.1. The second-order valence-corrected chi connectivity index (χ2v) is 10.8. The highest BCUT2D eigenvalue weighted by atomic mass is 16.6. The zero-order valence-electron chi connectivity index (χ0n) is 24.2. The number of hydrogen-bond acceptors (Lipinski definition) is 7. The summed E-state index contributed by atoms with van der Waals surface area (Å²) in [4.78, 5) is 36.9. The fourth-order valence-electron chi connectivity index (χ4n) is 6.03. The Morgan fingerprint density at radius 1 is 0.833 bits per heavy atom. The van der Waals surface area contributed by atoms with Gasteiger partial charge in [0.05, 0.1) is 18.8 Å². The van der Waals surface area contributed by atoms with Crippen LogP contribution in [0, 0.1) is 6.92 Å². The van der Waals surface area contributed by atoms with Crippen molar-refractivity contribution in [3.63, 3.8) is 0 Å². The van der Waals surface area contributed by atoms with Gasteiger partial charge in [0.25, 0.3) is 0 Å². The van der Waals surface area contributed by atoms with E-state index < -0.39 is 5.97 Å². The molecular weight excluding hydrogens is 528 g/mol. The predicted molar refractivity (Wildman–Crippen MR) is 164 cm³/mol. The molecule has 3 aromatic carbocycles. The number of esters is 1. The summed E-state index contributed by atoms with van der Waals surface area (Å²) in [5, 5.41) is 2.47. The van der Waals surface area contributed by atoms with E-state index in [1.807, 2.05) is 36.4 Å². The van der Waals surface area contributed by atoms with E-state index in [0.717, 1.165) is 35.5 Å². The lowest BCUT2D eigenvalue weighted by atomic mass is 9.98. The van der Waals surface area contributed by atoms with E-state index in [0.29, 0.717) is 38.4 Å². The first-order chi connectivity index (χ1) is 20.5. The zero-order valence-corrected chi connectivity index (χ0v) is 24.2. The average molecular weight is 565 g/mol. The highest BCUT2D eigenvalue weighted by Gasteiger charge is 2.29. The Morgan fingerprint density at radius 2 is 1.60 bits per heavy atom. The van der Waals surface area contributed by atoms with Crippen molar-refractivity contribution < 1.29 is 19.1 Å². The molecule has 0 N–H and O–H groups in total. The highest BCUT2D eigenvalue weighted by molar-refractivity contribution is 5.97. The van der Waals surface area contributed by atoms with Crippen LogP contribution in [-0.4, -0.2) is 61.3 Å². The number of amides is 1. The molecule has 0 radical (unpaired) electrons. The number of piperazine rings is 1. The minimum atomic E-state index is -0.414. The van der Waals surface area contributed by atoms with Crippen molar-refractivity contribution >= 4 is 34.2 Å². The van der Waals surface area contributed by atoms with E-state index in [4.69, 9.17) is 14.5 Å². The number of rotatable bonds is 6. The van der Waals surface area contributed by atoms with Crippen LogP contribution in [0.25, 0.3) is 10.8 Å². The Bertz CT molecular complexity index is 1590. The molecule has 6 rings (SSSR count). The van der Waals surface area contributed by atoms with Crippen LogP contribution >= 0.6 is 0 Å². The van der Waals surface area contributed by atoms with E-state index in [1.54, 1.807) is 11.8 Å². The number of nitrogens with zero attached hydrogens (tertiary/aromatic N) is 4. The predicted octanol–water partition coefficient (Wildman–Crippen LogP) is 5.74. The number of carbonyl (C=O) groups is 2. The molecule has 1 amide bonds. The normalized spacial score (nSPS) is 15.0. The maximum absolute atomic E-state index is 12.9. The Labute approximate surface area is 246 Å². The minimum absolute atomic E-state index is 0.257. The largest absolute Gasteiger partial charge is 0.461 e. The SMILES string of the molecule is CCOC(=O)c1cc(N2CCN(C(=O)OCc3ccccc3)CC2)c2c(n1)CN(c1cccc3cccc(C)c13)CC2. The Balaban J connectivity index is 1.23. The number of fused-ring (bicyclic) bond motifs is 2. The summed E-state index contributed by atoms with van der Waals surface area (Å²) in [6.07, 6.45) is 0.506. The van der Waals surface area contributed by atoms with Crippen LogP contribution in [0.4, 0.5) is 16.2 Å². The molecule has 2 aliphatic heterocycles. The number of carbonyl (C=O) groups excluding carboxylic acids is 2. The monoisotopic (exact) mass is 564 g/mol. The van der Waals surface area contributed by atoms with Gasteiger partial charge >= 0.3 is 12.1 Å². The molecule has 0 spiro atoms. The molecule has 42 heavy (non-hydrogen) atoms. The first kappa shape index (κ1) is 27.6. The third kappa shape index (κ3) is 5.62. The van der Waals surface area contributed by atoms with Crippen LogP contribution in [0.1, 0.15) is 39.8 Å². The van der Waals surface area contributed by atoms with Crippen LogP contribution in [0.15, 0.2) is 72.8 Å². The van der Waals surface area contributed by atoms with Gasteiger partial charge in [-0.05, 0) is 48.9 Å². The van der Waals surface area contributed by atoms with Gasteiger partial charge in [-0.3, -0.25) is 0 Å². The third-order valence-corrected chi connectivity index (χ3v) is 8.16. The molecule has 8 heteroatoms. The van der Waals surface area contributed by atoms with Gasteiger partial charge in [0.1, 0.15) is 6.61 Å². The van der Waals surface area contributed by atoms with Crippen molar-refractivity contribution in [1.82, 2.24) is 9.88 Å². The Hall–Kier alpha value is -4.59. The second-order valence-electron chi connectivity index (χ2n) is 10.8. The fraction of sp³-hybridized carbons (Fsp3) is 0.324. The number of aromatic nitrogens is 1. The third-order valence-electron chi connectivity index (χ3n) is 8.16. The smallest absolute Gasteiger partial charge is 0.410 e. The zero-order chi connectivity index (χ0) is 29.1. The van der Waals surface area contributed by atoms with E-state index >= 15 is 0 Å². The minimum Gasteiger partial charge on any atom is -0.461 e. The molecular formula is C34H36N4O4. The summed E-state index contributed by atoms with van der Waals surface area (Å²) in [6.45, 7) is 8.33. The number of benzene rings is 3. The molecule has 1 aromatic heterocycles. The standard InChI is InChI=1S/C34H36N4O4/c1-3-41-33(39)28-21-31(36-17-19-37(20-18-36)34(40)42-23-25-10-5-4-6-11-25)27-15-16-38(22-29(27)35-28)30-14-8-13-26-12-7-9-24(2)32(26)30/h4-14,21H,3,15-20,22-23H2,1-2H3. The van der Waals surface area contributed by atoms with Gasteiger partial charge in [0.2, 0.25) is 0 Å². The summed E-state index contributed by atoms with van der Waals surface area (Å²) in [6, 6.07) is 24.4. The number of pyridine rings is 1. The molecule has 0 bridgehead atoms. The lowest BCUT2D eigenvalue weighted by Crippen LogP contribution is -2.49. The van der Waals surface area contributed by atoms with Crippen molar-refractivity contribution in [2.45, 2.75) is 33.4 Å². The molecule has 0 aliphatic carbocycles. The number of anilines is 2. The lowest BCUT2D eigenvalue weighted by Gasteiger charge is -2.39. The van der Waals surface area contributed by atoms with Crippen molar-refractivity contribution in [2.75, 3.05) is 49.1 Å². The van der Waals surface area contributed by atoms with E-state index in [2.05, 4.69) is 53.1 Å². The molecule has 0 saturated carbocycles. The van der Waals surface area contributed by atoms with Crippen LogP contribution in [0.3, 0.4) is 0 Å². The van der Waals surface area contributed by atoms with E-state index in [9.17, 15) is 9.59 Å². The first-order valence-electron chi connectivity index (χ1n) is 14.7. The summed E-state index contributed by atoms with van der Waals surface area (Å²) in [5.74, 6) is -0.414. The van der Waals surface area contributed by atoms with Gasteiger partial charge in [-0.2, -0.15) is 0 Å². The van der Waals surface area contributed by atoms with Gasteiger partial charge in [0.15, 0.2) is 5.69 Å². The fourth-order valence-corrected chi connectivity index (χ4v) is 6.03. The number of aryl methyl sites for hydroxylation is 1. The number of ether oxygens (including phenoxy) is 2. The topological polar surface area (TPSA) is 75.2 Å². The summed E-state index contributed by atoms with van der Waals surface area (Å²) >= 11 is 0. The number of hydrogen-bond donors (Lipinski definition) is 0. The average Bonchev–Trinajstić information content (AvgIpc) is 3.03. The Morgan fingerprint density at radius 3 is 2.36 bits per heavy atom. The van der Waals surface area contributed by atoms with Crippen LogP contribution in [0.5, 0.6) is 0 Å². The molecule has 1 fully saturated rings. The lowest BCUT2D eigenvalue weighted by molar-refractivity contribution is 0.0519.